The molecule has 2 N–H and O–H groups in total. The lowest BCUT2D eigenvalue weighted by atomic mass is 10.0. The van der Waals surface area contributed by atoms with Crippen LogP contribution in [0.3, 0.4) is 0 Å². The van der Waals surface area contributed by atoms with Gasteiger partial charge in [0.25, 0.3) is 0 Å². The van der Waals surface area contributed by atoms with E-state index in [0.717, 1.165) is 17.4 Å². The van der Waals surface area contributed by atoms with Gasteiger partial charge in [0.2, 0.25) is 0 Å². The lowest BCUT2D eigenvalue weighted by Gasteiger charge is -2.02. The standard InChI is InChI=1S/C15H14FN/c1-2-12(17)9-7-11-8-10-15(16)14-6-4-3-5-13(11)14/h3-6,8,10,12H,2,17H2,1H3. The second kappa shape index (κ2) is 4.99. The first-order valence-corrected chi connectivity index (χ1v) is 5.66. The second-order valence-electron chi connectivity index (χ2n) is 3.92. The molecule has 86 valence electrons. The van der Waals surface area contributed by atoms with E-state index in [2.05, 4.69) is 11.8 Å². The molecular weight excluding hydrogens is 213 g/mol. The van der Waals surface area contributed by atoms with Gasteiger partial charge in [-0.3, -0.25) is 0 Å². The molecule has 0 aliphatic heterocycles. The monoisotopic (exact) mass is 227 g/mol. The fraction of sp³-hybridized carbons (Fsp3) is 0.200. The van der Waals surface area contributed by atoms with E-state index in [0.29, 0.717) is 5.39 Å². The molecule has 1 atom stereocenters. The summed E-state index contributed by atoms with van der Waals surface area (Å²) in [7, 11) is 0. The average molecular weight is 227 g/mol. The highest BCUT2D eigenvalue weighted by Crippen LogP contribution is 2.20. The number of benzene rings is 2. The summed E-state index contributed by atoms with van der Waals surface area (Å²) in [4.78, 5) is 0. The molecule has 17 heavy (non-hydrogen) atoms. The molecule has 2 aromatic rings. The molecule has 0 radical (unpaired) electrons. The fourth-order valence-electron chi connectivity index (χ4n) is 1.64. The van der Waals surface area contributed by atoms with Gasteiger partial charge in [-0.25, -0.2) is 4.39 Å². The third-order valence-corrected chi connectivity index (χ3v) is 2.70. The lowest BCUT2D eigenvalue weighted by Crippen LogP contribution is -2.15. The smallest absolute Gasteiger partial charge is 0.131 e. The van der Waals surface area contributed by atoms with E-state index < -0.39 is 0 Å². The maximum Gasteiger partial charge on any atom is 0.131 e. The predicted molar refractivity (Wildman–Crippen MR) is 69.1 cm³/mol. The zero-order chi connectivity index (χ0) is 12.3. The third-order valence-electron chi connectivity index (χ3n) is 2.70. The first-order valence-electron chi connectivity index (χ1n) is 5.66. The van der Waals surface area contributed by atoms with E-state index in [9.17, 15) is 4.39 Å². The minimum Gasteiger partial charge on any atom is -0.318 e. The van der Waals surface area contributed by atoms with Gasteiger partial charge in [-0.15, -0.1) is 0 Å². The first-order chi connectivity index (χ1) is 8.22. The van der Waals surface area contributed by atoms with Crippen LogP contribution >= 0.6 is 0 Å². The van der Waals surface area contributed by atoms with Gasteiger partial charge in [-0.05, 0) is 18.6 Å². The Morgan fingerprint density at radius 1 is 1.18 bits per heavy atom. The van der Waals surface area contributed by atoms with Crippen LogP contribution in [0.2, 0.25) is 0 Å². The van der Waals surface area contributed by atoms with Crippen molar-refractivity contribution >= 4 is 10.8 Å². The molecule has 0 fully saturated rings. The van der Waals surface area contributed by atoms with Gasteiger partial charge in [0, 0.05) is 16.3 Å². The third kappa shape index (κ3) is 2.46. The number of hydrogen-bond acceptors (Lipinski definition) is 1. The molecule has 0 aromatic heterocycles. The summed E-state index contributed by atoms with van der Waals surface area (Å²) >= 11 is 0. The quantitative estimate of drug-likeness (QED) is 0.744. The molecule has 0 saturated carbocycles. The molecule has 1 nitrogen and oxygen atoms in total. The van der Waals surface area contributed by atoms with E-state index in [1.807, 2.05) is 25.1 Å². The van der Waals surface area contributed by atoms with Gasteiger partial charge in [0.1, 0.15) is 5.82 Å². The minimum absolute atomic E-state index is 0.126. The van der Waals surface area contributed by atoms with Crippen LogP contribution in [0.15, 0.2) is 36.4 Å². The number of rotatable bonds is 1. The summed E-state index contributed by atoms with van der Waals surface area (Å²) in [6.45, 7) is 1.99. The molecule has 0 aliphatic rings. The summed E-state index contributed by atoms with van der Waals surface area (Å²) in [5, 5.41) is 1.44. The van der Waals surface area contributed by atoms with Crippen molar-refractivity contribution in [2.75, 3.05) is 0 Å². The van der Waals surface area contributed by atoms with Crippen LogP contribution in [-0.2, 0) is 0 Å². The number of halogens is 1. The van der Waals surface area contributed by atoms with Crippen molar-refractivity contribution in [3.05, 3.63) is 47.8 Å². The normalized spacial score (nSPS) is 11.9. The van der Waals surface area contributed by atoms with Gasteiger partial charge >= 0.3 is 0 Å². The molecule has 2 aromatic carbocycles. The van der Waals surface area contributed by atoms with Crippen LogP contribution in [0.1, 0.15) is 18.9 Å². The number of hydrogen-bond donors (Lipinski definition) is 1. The lowest BCUT2D eigenvalue weighted by molar-refractivity contribution is 0.640. The van der Waals surface area contributed by atoms with E-state index in [4.69, 9.17) is 5.73 Å². The van der Waals surface area contributed by atoms with Crippen LogP contribution in [0.4, 0.5) is 4.39 Å². The average Bonchev–Trinajstić information content (AvgIpc) is 2.38. The highest BCUT2D eigenvalue weighted by atomic mass is 19.1. The molecular formula is C15H14FN. The Labute approximate surface area is 100 Å². The van der Waals surface area contributed by atoms with E-state index >= 15 is 0 Å². The molecule has 2 heteroatoms. The summed E-state index contributed by atoms with van der Waals surface area (Å²) in [6.07, 6.45) is 0.812. The topological polar surface area (TPSA) is 26.0 Å². The van der Waals surface area contributed by atoms with Crippen LogP contribution in [-0.4, -0.2) is 6.04 Å². The molecule has 0 aliphatic carbocycles. The van der Waals surface area contributed by atoms with Gasteiger partial charge < -0.3 is 5.73 Å². The molecule has 0 spiro atoms. The summed E-state index contributed by atoms with van der Waals surface area (Å²) < 4.78 is 13.6. The zero-order valence-corrected chi connectivity index (χ0v) is 9.70. The molecule has 0 heterocycles. The largest absolute Gasteiger partial charge is 0.318 e. The van der Waals surface area contributed by atoms with Crippen LogP contribution < -0.4 is 5.73 Å². The van der Waals surface area contributed by atoms with Crippen molar-refractivity contribution in [2.45, 2.75) is 19.4 Å². The second-order valence-corrected chi connectivity index (χ2v) is 3.92. The minimum atomic E-state index is -0.217. The Morgan fingerprint density at radius 3 is 2.59 bits per heavy atom. The maximum absolute atomic E-state index is 13.6. The van der Waals surface area contributed by atoms with E-state index in [-0.39, 0.29) is 11.9 Å². The molecule has 0 bridgehead atoms. The van der Waals surface area contributed by atoms with Gasteiger partial charge in [0.05, 0.1) is 6.04 Å². The molecule has 1 unspecified atom stereocenters. The van der Waals surface area contributed by atoms with Crippen molar-refractivity contribution < 1.29 is 4.39 Å². The van der Waals surface area contributed by atoms with Gasteiger partial charge in [-0.2, -0.15) is 0 Å². The van der Waals surface area contributed by atoms with Gasteiger partial charge in [0.15, 0.2) is 0 Å². The predicted octanol–water partition coefficient (Wildman–Crippen LogP) is 3.07. The van der Waals surface area contributed by atoms with Crippen molar-refractivity contribution in [2.24, 2.45) is 5.73 Å². The molecule has 0 amide bonds. The van der Waals surface area contributed by atoms with Crippen LogP contribution in [0.25, 0.3) is 10.8 Å². The number of fused-ring (bicyclic) bond motifs is 1. The Morgan fingerprint density at radius 2 is 1.88 bits per heavy atom. The van der Waals surface area contributed by atoms with Crippen molar-refractivity contribution in [1.29, 1.82) is 0 Å². The van der Waals surface area contributed by atoms with Crippen LogP contribution in [0.5, 0.6) is 0 Å². The van der Waals surface area contributed by atoms with Crippen LogP contribution in [0, 0.1) is 17.7 Å². The Kier molecular flexibility index (Phi) is 3.41. The van der Waals surface area contributed by atoms with Crippen molar-refractivity contribution in [3.63, 3.8) is 0 Å². The highest BCUT2D eigenvalue weighted by molar-refractivity contribution is 5.88. The Hall–Kier alpha value is -1.85. The Bertz CT molecular complexity index is 593. The first kappa shape index (κ1) is 11.6. The summed E-state index contributed by atoms with van der Waals surface area (Å²) in [5.74, 6) is 5.77. The molecule has 0 saturated heterocycles. The van der Waals surface area contributed by atoms with E-state index in [1.54, 1.807) is 12.1 Å². The highest BCUT2D eigenvalue weighted by Gasteiger charge is 2.03. The fourth-order valence-corrected chi connectivity index (χ4v) is 1.64. The van der Waals surface area contributed by atoms with Gasteiger partial charge in [-0.1, -0.05) is 43.0 Å². The SMILES string of the molecule is CCC(N)C#Cc1ccc(F)c2ccccc12. The summed E-state index contributed by atoms with van der Waals surface area (Å²) in [5.41, 5.74) is 6.57. The van der Waals surface area contributed by atoms with Crippen molar-refractivity contribution in [1.82, 2.24) is 0 Å². The number of nitrogens with two attached hydrogens (primary N) is 1. The van der Waals surface area contributed by atoms with Crippen molar-refractivity contribution in [3.8, 4) is 11.8 Å². The Balaban J connectivity index is 2.54. The zero-order valence-electron chi connectivity index (χ0n) is 9.70. The van der Waals surface area contributed by atoms with E-state index in [1.165, 1.54) is 6.07 Å². The molecule has 2 rings (SSSR count). The summed E-state index contributed by atoms with van der Waals surface area (Å²) in [6, 6.07) is 10.4. The maximum atomic E-state index is 13.6.